The minimum atomic E-state index is -3.90. The number of hydrogen-bond donors (Lipinski definition) is 1. The number of nitrogens with zero attached hydrogens (tertiary/aromatic N) is 1. The summed E-state index contributed by atoms with van der Waals surface area (Å²) < 4.78 is 30.6. The van der Waals surface area contributed by atoms with Crippen molar-refractivity contribution in [1.29, 1.82) is 0 Å². The van der Waals surface area contributed by atoms with Crippen LogP contribution in [0.15, 0.2) is 36.4 Å². The van der Waals surface area contributed by atoms with Crippen LogP contribution in [-0.2, 0) is 19.6 Å². The van der Waals surface area contributed by atoms with Crippen molar-refractivity contribution < 1.29 is 22.7 Å². The molecule has 11 heteroatoms. The molecular formula is C19H19Cl3N2O5S. The summed E-state index contributed by atoms with van der Waals surface area (Å²) in [5.74, 6) is -1.30. The zero-order valence-corrected chi connectivity index (χ0v) is 19.4. The fourth-order valence-electron chi connectivity index (χ4n) is 2.65. The van der Waals surface area contributed by atoms with Crippen LogP contribution in [0.1, 0.15) is 24.2 Å². The van der Waals surface area contributed by atoms with Gasteiger partial charge in [-0.05, 0) is 50.2 Å². The molecule has 2 aromatic carbocycles. The van der Waals surface area contributed by atoms with Crippen molar-refractivity contribution in [2.45, 2.75) is 19.9 Å². The number of anilines is 2. The Labute approximate surface area is 189 Å². The molecule has 0 fully saturated rings. The Morgan fingerprint density at radius 3 is 2.33 bits per heavy atom. The maximum Gasteiger partial charge on any atom is 0.339 e. The smallest absolute Gasteiger partial charge is 0.339 e. The SMILES string of the molecule is CCOC(=O)c1cc(NC(=O)[C@H](C)N(c2cc(Cl)ccc2Cl)S(C)(=O)=O)ccc1Cl. The number of rotatable bonds is 7. The number of benzene rings is 2. The summed E-state index contributed by atoms with van der Waals surface area (Å²) >= 11 is 18.1. The molecule has 0 bridgehead atoms. The molecule has 0 unspecified atom stereocenters. The van der Waals surface area contributed by atoms with E-state index in [0.29, 0.717) is 0 Å². The summed E-state index contributed by atoms with van der Waals surface area (Å²) in [5.41, 5.74) is 0.379. The number of carbonyl (C=O) groups excluding carboxylic acids is 2. The fourth-order valence-corrected chi connectivity index (χ4v) is 4.45. The second kappa shape index (κ2) is 9.87. The van der Waals surface area contributed by atoms with Gasteiger partial charge in [-0.3, -0.25) is 9.10 Å². The second-order valence-electron chi connectivity index (χ2n) is 6.23. The maximum absolute atomic E-state index is 12.8. The van der Waals surface area contributed by atoms with Gasteiger partial charge in [0.05, 0.1) is 34.2 Å². The monoisotopic (exact) mass is 492 g/mol. The largest absolute Gasteiger partial charge is 0.462 e. The molecule has 0 saturated heterocycles. The zero-order valence-electron chi connectivity index (χ0n) is 16.3. The van der Waals surface area contributed by atoms with Crippen LogP contribution in [0, 0.1) is 0 Å². The number of ether oxygens (including phenoxy) is 1. The molecule has 1 atom stereocenters. The van der Waals surface area contributed by atoms with E-state index in [4.69, 9.17) is 39.5 Å². The standard InChI is InChI=1S/C19H19Cl3N2O5S/c1-4-29-19(26)14-10-13(6-8-15(14)21)23-18(25)11(2)24(30(3,27)28)17-9-12(20)5-7-16(17)22/h5-11H,4H2,1-3H3,(H,23,25)/t11-/m0/s1. The molecule has 0 spiro atoms. The Morgan fingerprint density at radius 1 is 1.10 bits per heavy atom. The average molecular weight is 494 g/mol. The van der Waals surface area contributed by atoms with Crippen LogP contribution >= 0.6 is 34.8 Å². The molecule has 0 aliphatic carbocycles. The predicted molar refractivity (Wildman–Crippen MR) is 119 cm³/mol. The molecule has 2 aromatic rings. The Bertz CT molecular complexity index is 1080. The summed E-state index contributed by atoms with van der Waals surface area (Å²) in [5, 5.41) is 3.10. The van der Waals surface area contributed by atoms with Crippen LogP contribution < -0.4 is 9.62 Å². The Kier molecular flexibility index (Phi) is 7.99. The van der Waals surface area contributed by atoms with E-state index in [2.05, 4.69) is 5.32 Å². The van der Waals surface area contributed by atoms with Crippen molar-refractivity contribution in [1.82, 2.24) is 0 Å². The summed E-state index contributed by atoms with van der Waals surface area (Å²) in [6, 6.07) is 7.37. The fraction of sp³-hybridized carbons (Fsp3) is 0.263. The van der Waals surface area contributed by atoms with Crippen molar-refractivity contribution in [3.8, 4) is 0 Å². The molecule has 0 heterocycles. The first kappa shape index (κ1) is 24.3. The van der Waals surface area contributed by atoms with Crippen molar-refractivity contribution >= 4 is 68.1 Å². The normalized spacial score (nSPS) is 12.2. The highest BCUT2D eigenvalue weighted by Crippen LogP contribution is 2.32. The molecule has 0 saturated carbocycles. The van der Waals surface area contributed by atoms with Gasteiger partial charge in [0, 0.05) is 10.7 Å². The molecule has 0 aliphatic heterocycles. The van der Waals surface area contributed by atoms with Crippen LogP contribution in [0.4, 0.5) is 11.4 Å². The lowest BCUT2D eigenvalue weighted by Crippen LogP contribution is -2.45. The molecule has 0 aromatic heterocycles. The van der Waals surface area contributed by atoms with E-state index in [1.54, 1.807) is 6.92 Å². The van der Waals surface area contributed by atoms with Gasteiger partial charge in [0.15, 0.2) is 0 Å². The van der Waals surface area contributed by atoms with E-state index in [-0.39, 0.29) is 38.6 Å². The topological polar surface area (TPSA) is 92.8 Å². The maximum atomic E-state index is 12.8. The molecule has 162 valence electrons. The summed E-state index contributed by atoms with van der Waals surface area (Å²) in [6.07, 6.45) is 0.954. The van der Waals surface area contributed by atoms with Gasteiger partial charge in [0.25, 0.3) is 0 Å². The van der Waals surface area contributed by atoms with Crippen molar-refractivity contribution in [3.05, 3.63) is 57.0 Å². The van der Waals surface area contributed by atoms with E-state index >= 15 is 0 Å². The van der Waals surface area contributed by atoms with Gasteiger partial charge in [-0.15, -0.1) is 0 Å². The van der Waals surface area contributed by atoms with Crippen LogP contribution in [0.2, 0.25) is 15.1 Å². The molecule has 0 aliphatic rings. The summed E-state index contributed by atoms with van der Waals surface area (Å²) in [6.45, 7) is 3.21. The van der Waals surface area contributed by atoms with Gasteiger partial charge in [-0.2, -0.15) is 0 Å². The number of sulfonamides is 1. The van der Waals surface area contributed by atoms with E-state index in [0.717, 1.165) is 10.6 Å². The van der Waals surface area contributed by atoms with Crippen molar-refractivity contribution in [2.24, 2.45) is 0 Å². The van der Waals surface area contributed by atoms with E-state index in [1.807, 2.05) is 0 Å². The minimum absolute atomic E-state index is 0.0673. The minimum Gasteiger partial charge on any atom is -0.462 e. The first-order valence-electron chi connectivity index (χ1n) is 8.67. The summed E-state index contributed by atoms with van der Waals surface area (Å²) in [4.78, 5) is 24.8. The van der Waals surface area contributed by atoms with E-state index in [1.165, 1.54) is 43.3 Å². The number of nitrogens with one attached hydrogen (secondary N) is 1. The molecule has 0 radical (unpaired) electrons. The highest BCUT2D eigenvalue weighted by atomic mass is 35.5. The molecule has 2 rings (SSSR count). The van der Waals surface area contributed by atoms with Gasteiger partial charge in [-0.25, -0.2) is 13.2 Å². The highest BCUT2D eigenvalue weighted by Gasteiger charge is 2.31. The third-order valence-electron chi connectivity index (χ3n) is 3.96. The first-order valence-corrected chi connectivity index (χ1v) is 11.7. The van der Waals surface area contributed by atoms with Crippen molar-refractivity contribution in [2.75, 3.05) is 22.5 Å². The highest BCUT2D eigenvalue weighted by molar-refractivity contribution is 7.92. The zero-order chi connectivity index (χ0) is 22.6. The van der Waals surface area contributed by atoms with Crippen LogP contribution in [-0.4, -0.2) is 39.2 Å². The lowest BCUT2D eigenvalue weighted by molar-refractivity contribution is -0.116. The van der Waals surface area contributed by atoms with Gasteiger partial charge in [0.2, 0.25) is 15.9 Å². The van der Waals surface area contributed by atoms with Gasteiger partial charge < -0.3 is 10.1 Å². The number of halogens is 3. The lowest BCUT2D eigenvalue weighted by atomic mass is 10.2. The number of esters is 1. The molecule has 30 heavy (non-hydrogen) atoms. The first-order chi connectivity index (χ1) is 14.0. The van der Waals surface area contributed by atoms with E-state index < -0.39 is 27.9 Å². The average Bonchev–Trinajstić information content (AvgIpc) is 2.65. The second-order valence-corrected chi connectivity index (χ2v) is 9.35. The molecule has 1 N–H and O–H groups in total. The number of amides is 1. The van der Waals surface area contributed by atoms with E-state index in [9.17, 15) is 18.0 Å². The van der Waals surface area contributed by atoms with Crippen LogP contribution in [0.3, 0.4) is 0 Å². The Hall–Kier alpha value is -2.00. The third-order valence-corrected chi connectivity index (χ3v) is 6.08. The number of carbonyl (C=O) groups is 2. The Morgan fingerprint density at radius 2 is 1.73 bits per heavy atom. The molecule has 1 amide bonds. The van der Waals surface area contributed by atoms with Crippen molar-refractivity contribution in [3.63, 3.8) is 0 Å². The predicted octanol–water partition coefficient (Wildman–Crippen LogP) is 4.62. The van der Waals surface area contributed by atoms with Crippen LogP contribution in [0.25, 0.3) is 0 Å². The molecular weight excluding hydrogens is 475 g/mol. The van der Waals surface area contributed by atoms with Crippen LogP contribution in [0.5, 0.6) is 0 Å². The number of hydrogen-bond acceptors (Lipinski definition) is 5. The lowest BCUT2D eigenvalue weighted by Gasteiger charge is -2.29. The Balaban J connectivity index is 2.36. The van der Waals surface area contributed by atoms with Gasteiger partial charge >= 0.3 is 5.97 Å². The van der Waals surface area contributed by atoms with Gasteiger partial charge in [-0.1, -0.05) is 34.8 Å². The quantitative estimate of drug-likeness (QED) is 0.568. The molecule has 7 nitrogen and oxygen atoms in total. The third kappa shape index (κ3) is 5.78. The summed E-state index contributed by atoms with van der Waals surface area (Å²) in [7, 11) is -3.90. The van der Waals surface area contributed by atoms with Gasteiger partial charge in [0.1, 0.15) is 6.04 Å².